The monoisotopic (exact) mass is 558 g/mol. The number of furan rings is 1. The molecule has 214 valence electrons. The Labute approximate surface area is 237 Å². The third-order valence-electron chi connectivity index (χ3n) is 7.57. The Morgan fingerprint density at radius 3 is 2.49 bits per heavy atom. The van der Waals surface area contributed by atoms with E-state index in [2.05, 4.69) is 9.88 Å². The Morgan fingerprint density at radius 2 is 1.85 bits per heavy atom. The molecular weight excluding hydrogens is 524 g/mol. The minimum absolute atomic E-state index is 0.160. The summed E-state index contributed by atoms with van der Waals surface area (Å²) in [6, 6.07) is 13.3. The molecule has 1 atom stereocenters. The third-order valence-corrected chi connectivity index (χ3v) is 7.57. The molecule has 10 nitrogen and oxygen atoms in total. The number of carboxylic acid groups (broad SMARTS) is 1. The number of hydrogen-bond acceptors (Lipinski definition) is 6. The van der Waals surface area contributed by atoms with Crippen LogP contribution in [0.5, 0.6) is 5.75 Å². The van der Waals surface area contributed by atoms with E-state index in [0.29, 0.717) is 22.9 Å². The first-order valence-corrected chi connectivity index (χ1v) is 13.8. The maximum Gasteiger partial charge on any atom is 0.347 e. The number of primary amides is 1. The zero-order valence-corrected chi connectivity index (χ0v) is 23.1. The molecule has 1 aliphatic carbocycles. The summed E-state index contributed by atoms with van der Waals surface area (Å²) in [5.41, 5.74) is 7.86. The number of hydrogen-bond donors (Lipinski definition) is 3. The number of carbonyl (C=O) groups is 3. The molecular formula is C31H34N4O6. The van der Waals surface area contributed by atoms with Crippen molar-refractivity contribution in [2.24, 2.45) is 5.73 Å². The summed E-state index contributed by atoms with van der Waals surface area (Å²) in [4.78, 5) is 41.7. The predicted molar refractivity (Wildman–Crippen MR) is 152 cm³/mol. The van der Waals surface area contributed by atoms with E-state index < -0.39 is 29.4 Å². The van der Waals surface area contributed by atoms with E-state index >= 15 is 0 Å². The van der Waals surface area contributed by atoms with Crippen LogP contribution in [0.15, 0.2) is 65.5 Å². The number of aliphatic carboxylic acids is 1. The molecule has 2 amide bonds. The number of carboxylic acids is 1. The highest BCUT2D eigenvalue weighted by Gasteiger charge is 2.29. The van der Waals surface area contributed by atoms with E-state index in [4.69, 9.17) is 19.9 Å². The van der Waals surface area contributed by atoms with E-state index in [1.54, 1.807) is 48.9 Å². The van der Waals surface area contributed by atoms with Gasteiger partial charge in [0.15, 0.2) is 5.60 Å². The van der Waals surface area contributed by atoms with E-state index in [1.807, 2.05) is 12.1 Å². The van der Waals surface area contributed by atoms with Crippen LogP contribution in [0.4, 0.5) is 0 Å². The molecule has 0 bridgehead atoms. The van der Waals surface area contributed by atoms with Gasteiger partial charge in [-0.1, -0.05) is 31.4 Å². The zero-order valence-electron chi connectivity index (χ0n) is 23.1. The molecule has 10 heteroatoms. The molecule has 4 N–H and O–H groups in total. The summed E-state index contributed by atoms with van der Waals surface area (Å²) in [6.45, 7) is 2.91. The van der Waals surface area contributed by atoms with Crippen molar-refractivity contribution in [3.8, 4) is 17.1 Å². The highest BCUT2D eigenvalue weighted by molar-refractivity contribution is 6.00. The summed E-state index contributed by atoms with van der Waals surface area (Å²) >= 11 is 0. The van der Waals surface area contributed by atoms with Crippen molar-refractivity contribution in [2.45, 2.75) is 70.1 Å². The van der Waals surface area contributed by atoms with Crippen LogP contribution >= 0.6 is 0 Å². The summed E-state index contributed by atoms with van der Waals surface area (Å²) < 4.78 is 13.1. The van der Waals surface area contributed by atoms with Crippen LogP contribution < -0.4 is 15.8 Å². The van der Waals surface area contributed by atoms with Gasteiger partial charge in [-0.3, -0.25) is 9.59 Å². The molecule has 2 aromatic carbocycles. The molecule has 0 aliphatic heterocycles. The number of nitrogens with one attached hydrogen (secondary N) is 1. The Balaban J connectivity index is 1.34. The SMILES string of the molecule is CC(C)(Oc1ccc(C[C@H](NC(=O)c2ccc3c(c2)nc(-c2ccoc2)n3C2CCCCC2)C(N)=O)cc1)C(=O)O. The number of imidazole rings is 1. The van der Waals surface area contributed by atoms with Crippen LogP contribution in [-0.2, 0) is 16.0 Å². The van der Waals surface area contributed by atoms with Gasteiger partial charge in [-0.2, -0.15) is 0 Å². The minimum Gasteiger partial charge on any atom is -0.478 e. The average Bonchev–Trinajstić information content (AvgIpc) is 3.61. The topological polar surface area (TPSA) is 150 Å². The number of carbonyl (C=O) groups excluding carboxylic acids is 2. The highest BCUT2D eigenvalue weighted by Crippen LogP contribution is 2.36. The standard InChI is InChI=1S/C31H34N4O6/c1-31(2,30(38)39)41-23-11-8-19(9-12-23)16-25(27(32)36)34-29(37)20-10-13-26-24(17-20)33-28(21-14-15-40-18-21)35(26)22-6-4-3-5-7-22/h8-15,17-18,22,25H,3-7,16H2,1-2H3,(H2,32,36)(H,34,37)(H,38,39)/t25-/m0/s1. The molecule has 2 aromatic heterocycles. The van der Waals surface area contributed by atoms with E-state index in [1.165, 1.54) is 33.1 Å². The molecule has 5 rings (SSSR count). The van der Waals surface area contributed by atoms with Gasteiger partial charge in [0.05, 0.1) is 22.9 Å². The van der Waals surface area contributed by atoms with Crippen LogP contribution in [0, 0.1) is 0 Å². The molecule has 0 saturated heterocycles. The normalized spacial score (nSPS) is 15.0. The van der Waals surface area contributed by atoms with E-state index in [9.17, 15) is 19.5 Å². The number of nitrogens with two attached hydrogens (primary N) is 1. The number of benzene rings is 2. The lowest BCUT2D eigenvalue weighted by Gasteiger charge is -2.25. The van der Waals surface area contributed by atoms with Gasteiger partial charge in [0, 0.05) is 18.0 Å². The van der Waals surface area contributed by atoms with Gasteiger partial charge in [-0.25, -0.2) is 9.78 Å². The van der Waals surface area contributed by atoms with Crippen LogP contribution in [-0.4, -0.2) is 44.1 Å². The van der Waals surface area contributed by atoms with Gasteiger partial charge in [-0.05, 0) is 68.7 Å². The summed E-state index contributed by atoms with van der Waals surface area (Å²) in [5.74, 6) is -1.01. The number of rotatable bonds is 10. The van der Waals surface area contributed by atoms with E-state index in [0.717, 1.165) is 35.3 Å². The lowest BCUT2D eigenvalue weighted by molar-refractivity contribution is -0.152. The zero-order chi connectivity index (χ0) is 29.1. The van der Waals surface area contributed by atoms with Crippen LogP contribution in [0.2, 0.25) is 0 Å². The Kier molecular flexibility index (Phi) is 7.83. The fourth-order valence-electron chi connectivity index (χ4n) is 5.28. The van der Waals surface area contributed by atoms with Crippen LogP contribution in [0.1, 0.15) is 67.9 Å². The first kappa shape index (κ1) is 27.9. The molecule has 1 aliphatic rings. The molecule has 1 saturated carbocycles. The van der Waals surface area contributed by atoms with Crippen molar-refractivity contribution in [3.63, 3.8) is 0 Å². The maximum atomic E-state index is 13.2. The average molecular weight is 559 g/mol. The van der Waals surface area contributed by atoms with Crippen molar-refractivity contribution in [3.05, 3.63) is 72.2 Å². The van der Waals surface area contributed by atoms with E-state index in [-0.39, 0.29) is 6.42 Å². The van der Waals surface area contributed by atoms with Gasteiger partial charge in [0.2, 0.25) is 5.91 Å². The molecule has 41 heavy (non-hydrogen) atoms. The summed E-state index contributed by atoms with van der Waals surface area (Å²) in [6.07, 6.45) is 9.17. The van der Waals surface area contributed by atoms with Crippen molar-refractivity contribution in [2.75, 3.05) is 0 Å². The fraction of sp³-hybridized carbons (Fsp3) is 0.355. The lowest BCUT2D eigenvalue weighted by atomic mass is 9.95. The van der Waals surface area contributed by atoms with Crippen LogP contribution in [0.3, 0.4) is 0 Å². The second-order valence-corrected chi connectivity index (χ2v) is 11.0. The second kappa shape index (κ2) is 11.5. The third kappa shape index (κ3) is 6.11. The Morgan fingerprint density at radius 1 is 1.12 bits per heavy atom. The summed E-state index contributed by atoms with van der Waals surface area (Å²) in [7, 11) is 0. The highest BCUT2D eigenvalue weighted by atomic mass is 16.5. The minimum atomic E-state index is -1.39. The Hall–Kier alpha value is -4.60. The lowest BCUT2D eigenvalue weighted by Crippen LogP contribution is -2.45. The van der Waals surface area contributed by atoms with Gasteiger partial charge >= 0.3 is 5.97 Å². The molecule has 4 aromatic rings. The van der Waals surface area contributed by atoms with Crippen molar-refractivity contribution in [1.82, 2.24) is 14.9 Å². The quantitative estimate of drug-likeness (QED) is 0.251. The molecule has 0 radical (unpaired) electrons. The second-order valence-electron chi connectivity index (χ2n) is 11.0. The molecule has 0 spiro atoms. The van der Waals surface area contributed by atoms with Crippen molar-refractivity contribution >= 4 is 28.8 Å². The van der Waals surface area contributed by atoms with Gasteiger partial charge in [0.1, 0.15) is 23.9 Å². The fourth-order valence-corrected chi connectivity index (χ4v) is 5.28. The largest absolute Gasteiger partial charge is 0.478 e. The predicted octanol–water partition coefficient (Wildman–Crippen LogP) is 4.87. The number of amides is 2. The van der Waals surface area contributed by atoms with Crippen molar-refractivity contribution in [1.29, 1.82) is 0 Å². The van der Waals surface area contributed by atoms with Crippen molar-refractivity contribution < 1.29 is 28.6 Å². The number of nitrogens with zero attached hydrogens (tertiary/aromatic N) is 2. The first-order valence-electron chi connectivity index (χ1n) is 13.8. The van der Waals surface area contributed by atoms with Gasteiger partial charge < -0.3 is 29.9 Å². The molecule has 1 fully saturated rings. The maximum absolute atomic E-state index is 13.2. The van der Waals surface area contributed by atoms with Crippen LogP contribution in [0.25, 0.3) is 22.4 Å². The summed E-state index contributed by atoms with van der Waals surface area (Å²) in [5, 5.41) is 12.0. The molecule has 2 heterocycles. The first-order chi connectivity index (χ1) is 19.6. The number of aromatic nitrogens is 2. The smallest absolute Gasteiger partial charge is 0.347 e. The number of fused-ring (bicyclic) bond motifs is 1. The van der Waals surface area contributed by atoms with Gasteiger partial charge in [0.25, 0.3) is 5.91 Å². The molecule has 0 unspecified atom stereocenters. The van der Waals surface area contributed by atoms with Gasteiger partial charge in [-0.15, -0.1) is 0 Å². The number of ether oxygens (including phenoxy) is 1. The Bertz CT molecular complexity index is 1550.